The molecule has 3 heteroatoms. The molecule has 0 saturated carbocycles. The second kappa shape index (κ2) is 8.48. The maximum absolute atomic E-state index is 14.2. The molecule has 0 spiro atoms. The highest BCUT2D eigenvalue weighted by Gasteiger charge is 2.44. The van der Waals surface area contributed by atoms with Crippen molar-refractivity contribution in [3.63, 3.8) is 0 Å². The number of hydrogen-bond donors (Lipinski definition) is 0. The fourth-order valence-electron chi connectivity index (χ4n) is 3.79. The Hall–Kier alpha value is -2.49. The van der Waals surface area contributed by atoms with Crippen molar-refractivity contribution in [3.8, 4) is 0 Å². The fraction of sp³-hybridized carbons (Fsp3) is 0.0385. The monoisotopic (exact) mass is 504 g/mol. The van der Waals surface area contributed by atoms with Crippen molar-refractivity contribution >= 4 is 37.6 Å². The topological polar surface area (TPSA) is 17.1 Å². The summed E-state index contributed by atoms with van der Waals surface area (Å²) in [5.74, 6) is 0.0499. The Morgan fingerprint density at radius 2 is 0.897 bits per heavy atom. The summed E-state index contributed by atoms with van der Waals surface area (Å²) in [6, 6.07) is 35.6. The van der Waals surface area contributed by atoms with E-state index >= 15 is 0 Å². The van der Waals surface area contributed by atoms with Crippen LogP contribution < -0.4 is 0 Å². The highest BCUT2D eigenvalue weighted by molar-refractivity contribution is 9.10. The molecule has 4 aromatic rings. The third-order valence-corrected chi connectivity index (χ3v) is 6.20. The molecule has 0 unspecified atom stereocenters. The molecule has 0 N–H and O–H groups in total. The summed E-state index contributed by atoms with van der Waals surface area (Å²) in [7, 11) is 0. The maximum Gasteiger partial charge on any atom is 0.182 e. The smallest absolute Gasteiger partial charge is 0.182 e. The van der Waals surface area contributed by atoms with Gasteiger partial charge >= 0.3 is 0 Å². The molecule has 29 heavy (non-hydrogen) atoms. The molecular formula is C26H18Br2O. The van der Waals surface area contributed by atoms with Crippen molar-refractivity contribution in [2.45, 2.75) is 5.41 Å². The van der Waals surface area contributed by atoms with Gasteiger partial charge in [0.05, 0.1) is 0 Å². The van der Waals surface area contributed by atoms with Crippen LogP contribution in [-0.2, 0) is 5.41 Å². The molecule has 0 aromatic heterocycles. The Kier molecular flexibility index (Phi) is 5.79. The first kappa shape index (κ1) is 19.8. The molecule has 0 saturated heterocycles. The predicted octanol–water partition coefficient (Wildman–Crippen LogP) is 7.43. The molecule has 0 bridgehead atoms. The van der Waals surface area contributed by atoms with Crippen molar-refractivity contribution in [3.05, 3.63) is 140 Å². The van der Waals surface area contributed by atoms with Crippen molar-refractivity contribution in [1.82, 2.24) is 0 Å². The van der Waals surface area contributed by atoms with E-state index in [1.165, 1.54) is 0 Å². The fourth-order valence-corrected chi connectivity index (χ4v) is 4.32. The van der Waals surface area contributed by atoms with E-state index in [0.29, 0.717) is 5.56 Å². The Bertz CT molecular complexity index is 1060. The quantitative estimate of drug-likeness (QED) is 0.203. The van der Waals surface area contributed by atoms with E-state index in [1.54, 1.807) is 0 Å². The Labute approximate surface area is 187 Å². The van der Waals surface area contributed by atoms with Crippen LogP contribution in [0.25, 0.3) is 0 Å². The van der Waals surface area contributed by atoms with Crippen molar-refractivity contribution in [2.24, 2.45) is 0 Å². The van der Waals surface area contributed by atoms with Gasteiger partial charge in [0.2, 0.25) is 0 Å². The van der Waals surface area contributed by atoms with Gasteiger partial charge in [0, 0.05) is 14.5 Å². The number of carbonyl (C=O) groups excluding carboxylic acids is 1. The molecule has 0 heterocycles. The van der Waals surface area contributed by atoms with Gasteiger partial charge in [-0.3, -0.25) is 4.79 Å². The second-order valence-electron chi connectivity index (χ2n) is 6.82. The third kappa shape index (κ3) is 3.73. The summed E-state index contributed by atoms with van der Waals surface area (Å²) in [5, 5.41) is 0. The standard InChI is InChI=1S/C26H18Br2O/c27-23-15-11-21(12-16-23)26(20-9-5-2-6-10-20,22-13-17-24(28)18-14-22)25(29)19-7-3-1-4-8-19/h1-18H. The van der Waals surface area contributed by atoms with E-state index in [9.17, 15) is 4.79 Å². The summed E-state index contributed by atoms with van der Waals surface area (Å²) in [6.07, 6.45) is 0. The summed E-state index contributed by atoms with van der Waals surface area (Å²) in [4.78, 5) is 14.2. The molecule has 0 aliphatic rings. The molecule has 4 rings (SSSR count). The number of halogens is 2. The lowest BCUT2D eigenvalue weighted by Crippen LogP contribution is -2.38. The van der Waals surface area contributed by atoms with Crippen LogP contribution in [0.2, 0.25) is 0 Å². The zero-order valence-corrected chi connectivity index (χ0v) is 18.7. The molecule has 0 amide bonds. The molecule has 0 aliphatic heterocycles. The van der Waals surface area contributed by atoms with E-state index in [2.05, 4.69) is 31.9 Å². The van der Waals surface area contributed by atoms with E-state index < -0.39 is 5.41 Å². The van der Waals surface area contributed by atoms with Gasteiger partial charge in [-0.2, -0.15) is 0 Å². The van der Waals surface area contributed by atoms with Crippen LogP contribution in [0.4, 0.5) is 0 Å². The van der Waals surface area contributed by atoms with Crippen molar-refractivity contribution < 1.29 is 4.79 Å². The highest BCUT2D eigenvalue weighted by Crippen LogP contribution is 2.42. The summed E-state index contributed by atoms with van der Waals surface area (Å²) in [5.41, 5.74) is 2.54. The summed E-state index contributed by atoms with van der Waals surface area (Å²) < 4.78 is 1.96. The van der Waals surface area contributed by atoms with Gasteiger partial charge in [0.25, 0.3) is 0 Å². The highest BCUT2D eigenvalue weighted by atomic mass is 79.9. The van der Waals surface area contributed by atoms with Crippen LogP contribution in [-0.4, -0.2) is 5.78 Å². The number of rotatable bonds is 5. The second-order valence-corrected chi connectivity index (χ2v) is 8.66. The number of hydrogen-bond acceptors (Lipinski definition) is 1. The van der Waals surface area contributed by atoms with Crippen molar-refractivity contribution in [2.75, 3.05) is 0 Å². The maximum atomic E-state index is 14.2. The normalized spacial score (nSPS) is 11.2. The van der Waals surface area contributed by atoms with E-state index in [1.807, 2.05) is 109 Å². The zero-order chi connectivity index (χ0) is 20.3. The molecule has 1 nitrogen and oxygen atoms in total. The number of benzene rings is 4. The van der Waals surface area contributed by atoms with Gasteiger partial charge in [-0.1, -0.05) is 117 Å². The Morgan fingerprint density at radius 1 is 0.517 bits per heavy atom. The van der Waals surface area contributed by atoms with Gasteiger partial charge in [-0.15, -0.1) is 0 Å². The first-order chi connectivity index (χ1) is 14.1. The van der Waals surface area contributed by atoms with Crippen LogP contribution in [0, 0.1) is 0 Å². The molecule has 0 radical (unpaired) electrons. The van der Waals surface area contributed by atoms with Crippen molar-refractivity contribution in [1.29, 1.82) is 0 Å². The number of ketones is 1. The van der Waals surface area contributed by atoms with Crippen LogP contribution in [0.3, 0.4) is 0 Å². The van der Waals surface area contributed by atoms with Crippen LogP contribution in [0.5, 0.6) is 0 Å². The lowest BCUT2D eigenvalue weighted by molar-refractivity contribution is 0.0935. The van der Waals surface area contributed by atoms with Gasteiger partial charge in [-0.25, -0.2) is 0 Å². The minimum Gasteiger partial charge on any atom is -0.292 e. The third-order valence-electron chi connectivity index (χ3n) is 5.14. The molecule has 0 atom stereocenters. The van der Waals surface area contributed by atoms with E-state index in [0.717, 1.165) is 25.6 Å². The van der Waals surface area contributed by atoms with Gasteiger partial charge in [0.15, 0.2) is 5.78 Å². The largest absolute Gasteiger partial charge is 0.292 e. The summed E-state index contributed by atoms with van der Waals surface area (Å²) >= 11 is 7.05. The summed E-state index contributed by atoms with van der Waals surface area (Å²) in [6.45, 7) is 0. The Morgan fingerprint density at radius 3 is 1.34 bits per heavy atom. The number of Topliss-reactive ketones (excluding diaryl/α,β-unsaturated/α-hetero) is 1. The SMILES string of the molecule is O=C(c1ccccc1)C(c1ccccc1)(c1ccc(Br)cc1)c1ccc(Br)cc1. The lowest BCUT2D eigenvalue weighted by atomic mass is 9.65. The molecular weight excluding hydrogens is 488 g/mol. The average Bonchev–Trinajstić information content (AvgIpc) is 2.78. The first-order valence-electron chi connectivity index (χ1n) is 9.30. The van der Waals surface area contributed by atoms with Gasteiger partial charge < -0.3 is 0 Å². The zero-order valence-electron chi connectivity index (χ0n) is 15.6. The molecule has 0 aliphatic carbocycles. The van der Waals surface area contributed by atoms with Gasteiger partial charge in [-0.05, 0) is 41.0 Å². The predicted molar refractivity (Wildman–Crippen MR) is 125 cm³/mol. The van der Waals surface area contributed by atoms with Gasteiger partial charge in [0.1, 0.15) is 5.41 Å². The molecule has 142 valence electrons. The lowest BCUT2D eigenvalue weighted by Gasteiger charge is -2.34. The minimum absolute atomic E-state index is 0.0499. The molecule has 0 fully saturated rings. The van der Waals surface area contributed by atoms with Crippen LogP contribution in [0.15, 0.2) is 118 Å². The van der Waals surface area contributed by atoms with E-state index in [4.69, 9.17) is 0 Å². The first-order valence-corrected chi connectivity index (χ1v) is 10.9. The Balaban J connectivity index is 2.09. The van der Waals surface area contributed by atoms with E-state index in [-0.39, 0.29) is 5.78 Å². The number of carbonyl (C=O) groups is 1. The average molecular weight is 506 g/mol. The van der Waals surface area contributed by atoms with Crippen LogP contribution in [0.1, 0.15) is 27.0 Å². The molecule has 4 aromatic carbocycles. The minimum atomic E-state index is -0.954. The van der Waals surface area contributed by atoms with Crippen LogP contribution >= 0.6 is 31.9 Å².